The number of hydrogen-bond donors (Lipinski definition) is 1. The zero-order chi connectivity index (χ0) is 26.9. The third-order valence-corrected chi connectivity index (χ3v) is 6.10. The smallest absolute Gasteiger partial charge is 0.335 e. The van der Waals surface area contributed by atoms with Crippen LogP contribution >= 0.6 is 12.4 Å². The number of nitriles is 1. The minimum absolute atomic E-state index is 0. The number of benzene rings is 2. The molecule has 1 aliphatic rings. The van der Waals surface area contributed by atoms with Gasteiger partial charge in [-0.05, 0) is 29.7 Å². The largest absolute Gasteiger partial charge is 0.449 e. The van der Waals surface area contributed by atoms with Gasteiger partial charge in [0.25, 0.3) is 0 Å². The number of nitrogens with zero attached hydrogens (tertiary/aromatic N) is 4. The Balaban J connectivity index is 0.00000400. The second-order valence-corrected chi connectivity index (χ2v) is 8.76. The lowest BCUT2D eigenvalue weighted by Crippen LogP contribution is -2.42. The quantitative estimate of drug-likeness (QED) is 0.349. The summed E-state index contributed by atoms with van der Waals surface area (Å²) in [6.45, 7) is -0.370. The van der Waals surface area contributed by atoms with Crippen molar-refractivity contribution < 1.29 is 31.1 Å². The molecule has 0 saturated carbocycles. The third-order valence-electron chi connectivity index (χ3n) is 6.10. The summed E-state index contributed by atoms with van der Waals surface area (Å²) >= 11 is 0. The molecule has 0 saturated heterocycles. The summed E-state index contributed by atoms with van der Waals surface area (Å²) in [5.74, 6) is -5.15. The van der Waals surface area contributed by atoms with Crippen molar-refractivity contribution in [2.75, 3.05) is 6.54 Å². The van der Waals surface area contributed by atoms with E-state index in [0.29, 0.717) is 23.3 Å². The van der Waals surface area contributed by atoms with Crippen molar-refractivity contribution in [1.29, 1.82) is 5.26 Å². The molecule has 6 nitrogen and oxygen atoms in total. The van der Waals surface area contributed by atoms with Gasteiger partial charge in [0.15, 0.2) is 11.6 Å². The Bertz CT molecular complexity index is 1380. The molecule has 1 atom stereocenters. The fraction of sp³-hybridized carbons (Fsp3) is 0.320. The molecule has 3 aromatic rings. The number of imidazole rings is 1. The average molecular weight is 558 g/mol. The molecule has 2 N–H and O–H groups in total. The zero-order valence-corrected chi connectivity index (χ0v) is 20.6. The van der Waals surface area contributed by atoms with E-state index in [2.05, 4.69) is 4.98 Å². The summed E-state index contributed by atoms with van der Waals surface area (Å²) in [4.78, 5) is 18.1. The lowest BCUT2D eigenvalue weighted by Gasteiger charge is -2.30. The van der Waals surface area contributed by atoms with E-state index in [1.54, 1.807) is 24.3 Å². The molecule has 0 unspecified atom stereocenters. The molecule has 2 heterocycles. The Morgan fingerprint density at radius 1 is 1.11 bits per heavy atom. The lowest BCUT2D eigenvalue weighted by molar-refractivity contribution is -0.148. The van der Waals surface area contributed by atoms with Gasteiger partial charge in [-0.25, -0.2) is 18.2 Å². The Morgan fingerprint density at radius 3 is 2.50 bits per heavy atom. The second kappa shape index (κ2) is 11.4. The molecule has 1 aromatic heterocycles. The van der Waals surface area contributed by atoms with Gasteiger partial charge in [-0.15, -0.1) is 12.4 Å². The average Bonchev–Trinajstić information content (AvgIpc) is 3.22. The van der Waals surface area contributed by atoms with Crippen molar-refractivity contribution in [2.45, 2.75) is 44.6 Å². The van der Waals surface area contributed by atoms with Crippen LogP contribution in [0.1, 0.15) is 29.1 Å². The van der Waals surface area contributed by atoms with E-state index in [1.807, 2.05) is 6.07 Å². The van der Waals surface area contributed by atoms with E-state index < -0.39 is 41.4 Å². The first-order valence-corrected chi connectivity index (χ1v) is 11.3. The van der Waals surface area contributed by atoms with E-state index >= 15 is 0 Å². The number of carbonyl (C=O) groups is 1. The molecule has 0 aliphatic carbocycles. The predicted molar refractivity (Wildman–Crippen MR) is 127 cm³/mol. The SMILES string of the molecule is Cl.N#CCc1cccc(-c2nc(C(F)(F)F)n3c2CN(C(=O)C[C@H](N)Cc2cc(F)c(F)cc2F)CC3)c1. The second-order valence-electron chi connectivity index (χ2n) is 8.76. The van der Waals surface area contributed by atoms with Gasteiger partial charge >= 0.3 is 6.18 Å². The Kier molecular flexibility index (Phi) is 8.74. The standard InChI is InChI=1S/C25H21F6N5O.ClH/c26-18-12-20(28)19(27)10-16(18)9-17(33)11-22(37)35-6-7-36-21(13-35)23(34-24(36)25(29,30)31)15-3-1-2-14(8-15)4-5-32;/h1-3,8,10,12,17H,4,6-7,9,11,13,33H2;1H/t17-;/m1./s1. The third kappa shape index (κ3) is 6.11. The first-order valence-electron chi connectivity index (χ1n) is 11.3. The van der Waals surface area contributed by atoms with E-state index in [4.69, 9.17) is 11.0 Å². The van der Waals surface area contributed by atoms with Gasteiger partial charge < -0.3 is 15.2 Å². The zero-order valence-electron chi connectivity index (χ0n) is 19.7. The van der Waals surface area contributed by atoms with Crippen LogP contribution < -0.4 is 5.73 Å². The van der Waals surface area contributed by atoms with Crippen LogP contribution in [0.25, 0.3) is 11.3 Å². The Labute approximate surface area is 220 Å². The molecule has 202 valence electrons. The van der Waals surface area contributed by atoms with Crippen molar-refractivity contribution in [1.82, 2.24) is 14.5 Å². The van der Waals surface area contributed by atoms with Gasteiger partial charge in [0, 0.05) is 37.2 Å². The summed E-state index contributed by atoms with van der Waals surface area (Å²) in [5, 5.41) is 8.96. The van der Waals surface area contributed by atoms with E-state index in [-0.39, 0.29) is 68.3 Å². The van der Waals surface area contributed by atoms with Crippen LogP contribution in [0.3, 0.4) is 0 Å². The molecule has 13 heteroatoms. The van der Waals surface area contributed by atoms with E-state index in [9.17, 15) is 31.1 Å². The monoisotopic (exact) mass is 557 g/mol. The molecule has 1 amide bonds. The normalized spacial score (nSPS) is 13.9. The summed E-state index contributed by atoms with van der Waals surface area (Å²) in [7, 11) is 0. The number of rotatable bonds is 6. The van der Waals surface area contributed by atoms with Gasteiger partial charge in [-0.2, -0.15) is 18.4 Å². The highest BCUT2D eigenvalue weighted by molar-refractivity contribution is 5.85. The number of nitrogens with two attached hydrogens (primary N) is 1. The van der Waals surface area contributed by atoms with Crippen molar-refractivity contribution in [3.63, 3.8) is 0 Å². The predicted octanol–water partition coefficient (Wildman–Crippen LogP) is 4.78. The van der Waals surface area contributed by atoms with E-state index in [0.717, 1.165) is 4.57 Å². The number of aromatic nitrogens is 2. The summed E-state index contributed by atoms with van der Waals surface area (Å²) in [6.07, 6.45) is -5.18. The highest BCUT2D eigenvalue weighted by Crippen LogP contribution is 2.36. The molecule has 0 radical (unpaired) electrons. The number of alkyl halides is 3. The number of halogens is 7. The fourth-order valence-electron chi connectivity index (χ4n) is 4.38. The van der Waals surface area contributed by atoms with Crippen LogP contribution in [-0.2, 0) is 36.9 Å². The van der Waals surface area contributed by atoms with Crippen LogP contribution in [-0.4, -0.2) is 32.9 Å². The van der Waals surface area contributed by atoms with Crippen LogP contribution in [0.5, 0.6) is 0 Å². The summed E-state index contributed by atoms with van der Waals surface area (Å²) in [6, 6.07) is 8.58. The van der Waals surface area contributed by atoms with E-state index in [1.165, 1.54) is 4.90 Å². The number of carbonyl (C=O) groups excluding carboxylic acids is 1. The summed E-state index contributed by atoms with van der Waals surface area (Å²) < 4.78 is 82.8. The van der Waals surface area contributed by atoms with Crippen molar-refractivity contribution in [3.8, 4) is 17.3 Å². The van der Waals surface area contributed by atoms with Crippen LogP contribution in [0.15, 0.2) is 36.4 Å². The molecule has 2 aromatic carbocycles. The van der Waals surface area contributed by atoms with Crippen molar-refractivity contribution in [3.05, 3.63) is 76.5 Å². The van der Waals surface area contributed by atoms with Gasteiger partial charge in [-0.3, -0.25) is 4.79 Å². The van der Waals surface area contributed by atoms with Crippen LogP contribution in [0.2, 0.25) is 0 Å². The van der Waals surface area contributed by atoms with Gasteiger partial charge in [0.2, 0.25) is 11.7 Å². The van der Waals surface area contributed by atoms with Crippen molar-refractivity contribution in [2.24, 2.45) is 5.73 Å². The summed E-state index contributed by atoms with van der Waals surface area (Å²) in [5.41, 5.74) is 7.00. The highest BCUT2D eigenvalue weighted by atomic mass is 35.5. The molecule has 0 fully saturated rings. The first-order chi connectivity index (χ1) is 17.5. The highest BCUT2D eigenvalue weighted by Gasteiger charge is 2.40. The van der Waals surface area contributed by atoms with Crippen LogP contribution in [0, 0.1) is 28.8 Å². The number of fused-ring (bicyclic) bond motifs is 1. The molecular formula is C25H22ClF6N5O. The van der Waals surface area contributed by atoms with Crippen molar-refractivity contribution >= 4 is 18.3 Å². The minimum atomic E-state index is -4.72. The van der Waals surface area contributed by atoms with Crippen LogP contribution in [0.4, 0.5) is 26.3 Å². The topological polar surface area (TPSA) is 87.9 Å². The van der Waals surface area contributed by atoms with Gasteiger partial charge in [-0.1, -0.05) is 18.2 Å². The maximum Gasteiger partial charge on any atom is 0.449 e. The molecule has 38 heavy (non-hydrogen) atoms. The fourth-order valence-corrected chi connectivity index (χ4v) is 4.38. The minimum Gasteiger partial charge on any atom is -0.335 e. The lowest BCUT2D eigenvalue weighted by atomic mass is 10.0. The number of amides is 1. The molecule has 0 spiro atoms. The molecule has 0 bridgehead atoms. The maximum atomic E-state index is 14.0. The molecule has 4 rings (SSSR count). The number of hydrogen-bond acceptors (Lipinski definition) is 4. The Morgan fingerprint density at radius 2 is 1.82 bits per heavy atom. The molecule has 1 aliphatic heterocycles. The first kappa shape index (κ1) is 29.0. The molecular weight excluding hydrogens is 536 g/mol. The maximum absolute atomic E-state index is 14.0. The van der Waals surface area contributed by atoms with Gasteiger partial charge in [0.05, 0.1) is 30.4 Å². The van der Waals surface area contributed by atoms with Gasteiger partial charge in [0.1, 0.15) is 5.82 Å². The Hall–Kier alpha value is -3.56.